The average molecular weight is 277 g/mol. The van der Waals surface area contributed by atoms with Gasteiger partial charge >= 0.3 is 0 Å². The first-order valence-electron chi connectivity index (χ1n) is 5.98. The van der Waals surface area contributed by atoms with E-state index in [4.69, 9.17) is 25.8 Å². The second kappa shape index (κ2) is 8.29. The molecule has 1 rings (SSSR count). The molecule has 3 nitrogen and oxygen atoms in total. The zero-order valence-corrected chi connectivity index (χ0v) is 11.4. The number of halogens is 2. The molecule has 0 aromatic heterocycles. The maximum atomic E-state index is 12.9. The van der Waals surface area contributed by atoms with E-state index in [9.17, 15) is 4.39 Å². The molecule has 0 heterocycles. The molecule has 0 unspecified atom stereocenters. The van der Waals surface area contributed by atoms with E-state index >= 15 is 0 Å². The van der Waals surface area contributed by atoms with E-state index in [1.54, 1.807) is 0 Å². The topological polar surface area (TPSA) is 27.7 Å². The predicted octanol–water partition coefficient (Wildman–Crippen LogP) is 3.65. The van der Waals surface area contributed by atoms with Gasteiger partial charge in [-0.25, -0.2) is 4.39 Å². The zero-order chi connectivity index (χ0) is 13.4. The molecule has 0 atom stereocenters. The quantitative estimate of drug-likeness (QED) is 0.679. The van der Waals surface area contributed by atoms with Crippen LogP contribution in [0.4, 0.5) is 4.39 Å². The lowest BCUT2D eigenvalue weighted by Gasteiger charge is -2.17. The van der Waals surface area contributed by atoms with Gasteiger partial charge in [0, 0.05) is 25.7 Å². The molecule has 18 heavy (non-hydrogen) atoms. The molecule has 0 aliphatic rings. The van der Waals surface area contributed by atoms with Crippen LogP contribution in [-0.4, -0.2) is 26.1 Å². The summed E-state index contributed by atoms with van der Waals surface area (Å²) in [6.45, 7) is 5.42. The van der Waals surface area contributed by atoms with Crippen LogP contribution in [0.25, 0.3) is 0 Å². The van der Waals surface area contributed by atoms with E-state index in [2.05, 4.69) is 0 Å². The van der Waals surface area contributed by atoms with Crippen molar-refractivity contribution in [3.8, 4) is 5.75 Å². The highest BCUT2D eigenvalue weighted by Gasteiger charge is 2.08. The fraction of sp³-hybridized carbons (Fsp3) is 0.538. The molecule has 0 bridgehead atoms. The molecular weight excluding hydrogens is 259 g/mol. The van der Waals surface area contributed by atoms with Crippen LogP contribution in [0.15, 0.2) is 18.2 Å². The number of rotatable bonds is 8. The minimum atomic E-state index is -0.453. The molecule has 0 fully saturated rings. The summed E-state index contributed by atoms with van der Waals surface area (Å²) in [6.07, 6.45) is 0.340. The Kier molecular flexibility index (Phi) is 7.01. The average Bonchev–Trinajstić information content (AvgIpc) is 2.34. The highest BCUT2D eigenvalue weighted by Crippen LogP contribution is 2.21. The Morgan fingerprint density at radius 2 is 1.89 bits per heavy atom. The van der Waals surface area contributed by atoms with E-state index in [1.807, 2.05) is 13.8 Å². The van der Waals surface area contributed by atoms with Crippen molar-refractivity contribution in [2.24, 2.45) is 0 Å². The molecule has 5 heteroatoms. The van der Waals surface area contributed by atoms with Crippen molar-refractivity contribution in [3.63, 3.8) is 0 Å². The highest BCUT2D eigenvalue weighted by molar-refractivity contribution is 6.30. The number of ether oxygens (including phenoxy) is 3. The van der Waals surface area contributed by atoms with Gasteiger partial charge in [0.2, 0.25) is 0 Å². The molecule has 0 amide bonds. The Morgan fingerprint density at radius 3 is 2.44 bits per heavy atom. The number of hydrogen-bond acceptors (Lipinski definition) is 3. The largest absolute Gasteiger partial charge is 0.493 e. The van der Waals surface area contributed by atoms with Crippen molar-refractivity contribution < 1.29 is 18.6 Å². The number of benzene rings is 1. The molecule has 0 spiro atoms. The minimum Gasteiger partial charge on any atom is -0.493 e. The lowest BCUT2D eigenvalue weighted by Crippen LogP contribution is -2.20. The summed E-state index contributed by atoms with van der Waals surface area (Å²) in [5, 5.41) is 0.0543. The lowest BCUT2D eigenvalue weighted by atomic mass is 10.3. The van der Waals surface area contributed by atoms with Gasteiger partial charge in [-0.2, -0.15) is 0 Å². The highest BCUT2D eigenvalue weighted by atomic mass is 35.5. The third-order valence-electron chi connectivity index (χ3n) is 2.22. The van der Waals surface area contributed by atoms with Crippen molar-refractivity contribution in [1.29, 1.82) is 0 Å². The molecule has 0 saturated carbocycles. The Morgan fingerprint density at radius 1 is 1.22 bits per heavy atom. The smallest absolute Gasteiger partial charge is 0.160 e. The van der Waals surface area contributed by atoms with E-state index in [0.29, 0.717) is 32.0 Å². The molecule has 1 aromatic carbocycles. The maximum Gasteiger partial charge on any atom is 0.160 e. The lowest BCUT2D eigenvalue weighted by molar-refractivity contribution is -0.142. The molecule has 0 aliphatic carbocycles. The third kappa shape index (κ3) is 5.21. The van der Waals surface area contributed by atoms with Crippen LogP contribution < -0.4 is 4.74 Å². The third-order valence-corrected chi connectivity index (χ3v) is 2.51. The van der Waals surface area contributed by atoms with Crippen LogP contribution in [0.5, 0.6) is 5.75 Å². The van der Waals surface area contributed by atoms with Gasteiger partial charge in [-0.15, -0.1) is 0 Å². The standard InChI is InChI=1S/C13H18ClFO3/c1-3-16-13(17-4-2)7-8-18-10-5-6-12(15)11(14)9-10/h5-6,9,13H,3-4,7-8H2,1-2H3. The summed E-state index contributed by atoms with van der Waals surface area (Å²) in [6, 6.07) is 4.27. The molecular formula is C13H18ClFO3. The van der Waals surface area contributed by atoms with E-state index in [-0.39, 0.29) is 11.3 Å². The van der Waals surface area contributed by atoms with E-state index in [0.717, 1.165) is 0 Å². The SMILES string of the molecule is CCOC(CCOc1ccc(F)c(Cl)c1)OCC. The fourth-order valence-electron chi connectivity index (χ4n) is 1.43. The Labute approximate surface area is 112 Å². The maximum absolute atomic E-state index is 12.9. The Balaban J connectivity index is 2.37. The summed E-state index contributed by atoms with van der Waals surface area (Å²) in [4.78, 5) is 0. The predicted molar refractivity (Wildman–Crippen MR) is 68.6 cm³/mol. The Hall–Kier alpha value is -0.840. The van der Waals surface area contributed by atoms with Crippen molar-refractivity contribution in [2.45, 2.75) is 26.6 Å². The second-order valence-electron chi connectivity index (χ2n) is 3.55. The second-order valence-corrected chi connectivity index (χ2v) is 3.96. The van der Waals surface area contributed by atoms with Crippen LogP contribution in [-0.2, 0) is 9.47 Å². The van der Waals surface area contributed by atoms with Crippen LogP contribution in [0, 0.1) is 5.82 Å². The zero-order valence-electron chi connectivity index (χ0n) is 10.6. The summed E-state index contributed by atoms with van der Waals surface area (Å²) in [7, 11) is 0. The van der Waals surface area contributed by atoms with Crippen molar-refractivity contribution in [3.05, 3.63) is 29.0 Å². The molecule has 0 radical (unpaired) electrons. The van der Waals surface area contributed by atoms with Gasteiger partial charge in [0.1, 0.15) is 11.6 Å². The van der Waals surface area contributed by atoms with Crippen molar-refractivity contribution in [1.82, 2.24) is 0 Å². The molecule has 1 aromatic rings. The van der Waals surface area contributed by atoms with Crippen LogP contribution in [0.2, 0.25) is 5.02 Å². The van der Waals surface area contributed by atoms with Crippen LogP contribution >= 0.6 is 11.6 Å². The van der Waals surface area contributed by atoms with Crippen LogP contribution in [0.3, 0.4) is 0 Å². The summed E-state index contributed by atoms with van der Waals surface area (Å²) < 4.78 is 29.1. The van der Waals surface area contributed by atoms with Gasteiger partial charge in [-0.05, 0) is 26.0 Å². The van der Waals surface area contributed by atoms with E-state index in [1.165, 1.54) is 18.2 Å². The monoisotopic (exact) mass is 276 g/mol. The first kappa shape index (κ1) is 15.2. The van der Waals surface area contributed by atoms with Gasteiger partial charge in [0.05, 0.1) is 11.6 Å². The summed E-state index contributed by atoms with van der Waals surface area (Å²) in [5.74, 6) is 0.0821. The minimum absolute atomic E-state index is 0.0543. The molecule has 102 valence electrons. The first-order valence-corrected chi connectivity index (χ1v) is 6.36. The van der Waals surface area contributed by atoms with Crippen LogP contribution in [0.1, 0.15) is 20.3 Å². The normalized spacial score (nSPS) is 10.9. The van der Waals surface area contributed by atoms with Gasteiger partial charge in [-0.3, -0.25) is 0 Å². The van der Waals surface area contributed by atoms with E-state index < -0.39 is 5.82 Å². The van der Waals surface area contributed by atoms with Gasteiger partial charge in [0.25, 0.3) is 0 Å². The molecule has 0 N–H and O–H groups in total. The Bertz CT molecular complexity index is 354. The van der Waals surface area contributed by atoms with Gasteiger partial charge < -0.3 is 14.2 Å². The summed E-state index contributed by atoms with van der Waals surface area (Å²) in [5.41, 5.74) is 0. The van der Waals surface area contributed by atoms with Gasteiger partial charge in [0.15, 0.2) is 6.29 Å². The number of hydrogen-bond donors (Lipinski definition) is 0. The summed E-state index contributed by atoms with van der Waals surface area (Å²) >= 11 is 5.65. The van der Waals surface area contributed by atoms with Crippen molar-refractivity contribution in [2.75, 3.05) is 19.8 Å². The molecule has 0 aliphatic heterocycles. The van der Waals surface area contributed by atoms with Gasteiger partial charge in [-0.1, -0.05) is 11.6 Å². The fourth-order valence-corrected chi connectivity index (χ4v) is 1.60. The van der Waals surface area contributed by atoms with Crippen molar-refractivity contribution >= 4 is 11.6 Å². The first-order chi connectivity index (χ1) is 8.67. The molecule has 0 saturated heterocycles.